The van der Waals surface area contributed by atoms with E-state index >= 15 is 0 Å². The van der Waals surface area contributed by atoms with Crippen LogP contribution in [0.25, 0.3) is 0 Å². The first-order chi connectivity index (χ1) is 10.2. The summed E-state index contributed by atoms with van der Waals surface area (Å²) in [4.78, 5) is 2.50. The van der Waals surface area contributed by atoms with E-state index in [9.17, 15) is 5.11 Å². The van der Waals surface area contributed by atoms with E-state index in [2.05, 4.69) is 10.2 Å². The first-order valence-corrected chi connectivity index (χ1v) is 8.06. The first kappa shape index (κ1) is 14.7. The van der Waals surface area contributed by atoms with Gasteiger partial charge in [0.25, 0.3) is 0 Å². The van der Waals surface area contributed by atoms with Crippen LogP contribution in [-0.4, -0.2) is 42.8 Å². The summed E-state index contributed by atoms with van der Waals surface area (Å²) in [7, 11) is 1.67. The van der Waals surface area contributed by atoms with Crippen molar-refractivity contribution < 1.29 is 9.84 Å². The number of nitrogens with one attached hydrogen (secondary N) is 1. The van der Waals surface area contributed by atoms with Gasteiger partial charge in [0.2, 0.25) is 0 Å². The quantitative estimate of drug-likeness (QED) is 0.809. The molecule has 1 saturated carbocycles. The van der Waals surface area contributed by atoms with Crippen molar-refractivity contribution in [3.05, 3.63) is 23.8 Å². The molecule has 1 atom stereocenters. The standard InChI is InChI=1S/C17H26N2O2/c1-21-16-6-7-17(20)14(9-16)11-19(10-13-4-5-13)12-15-3-2-8-18-15/h6-7,9,13,15,18,20H,2-5,8,10-12H2,1H3. The van der Waals surface area contributed by atoms with Gasteiger partial charge in [-0.25, -0.2) is 0 Å². The van der Waals surface area contributed by atoms with Crippen molar-refractivity contribution in [1.29, 1.82) is 0 Å². The monoisotopic (exact) mass is 290 g/mol. The lowest BCUT2D eigenvalue weighted by molar-refractivity contribution is 0.229. The maximum absolute atomic E-state index is 10.1. The number of methoxy groups -OCH3 is 1. The highest BCUT2D eigenvalue weighted by Crippen LogP contribution is 2.31. The summed E-state index contributed by atoms with van der Waals surface area (Å²) in [6.07, 6.45) is 5.27. The van der Waals surface area contributed by atoms with Gasteiger partial charge in [-0.3, -0.25) is 4.90 Å². The molecule has 116 valence electrons. The third kappa shape index (κ3) is 4.11. The van der Waals surface area contributed by atoms with E-state index in [1.54, 1.807) is 13.2 Å². The van der Waals surface area contributed by atoms with Crippen LogP contribution in [0.3, 0.4) is 0 Å². The molecular formula is C17H26N2O2. The molecule has 1 aromatic rings. The molecule has 1 unspecified atom stereocenters. The molecule has 2 N–H and O–H groups in total. The minimum Gasteiger partial charge on any atom is -0.508 e. The summed E-state index contributed by atoms with van der Waals surface area (Å²) in [6, 6.07) is 6.11. The molecule has 1 heterocycles. The van der Waals surface area contributed by atoms with Crippen LogP contribution < -0.4 is 10.1 Å². The number of hydrogen-bond donors (Lipinski definition) is 2. The van der Waals surface area contributed by atoms with Crippen LogP contribution in [0.2, 0.25) is 0 Å². The Morgan fingerprint density at radius 2 is 2.14 bits per heavy atom. The molecule has 1 saturated heterocycles. The summed E-state index contributed by atoms with van der Waals surface area (Å²) in [5.74, 6) is 2.04. The minimum absolute atomic E-state index is 0.371. The van der Waals surface area contributed by atoms with Crippen LogP contribution in [0, 0.1) is 5.92 Å². The molecule has 4 heteroatoms. The van der Waals surface area contributed by atoms with Gasteiger partial charge in [-0.05, 0) is 56.3 Å². The Bertz CT molecular complexity index is 468. The number of phenolic OH excluding ortho intramolecular Hbond substituents is 1. The number of benzene rings is 1. The fraction of sp³-hybridized carbons (Fsp3) is 0.647. The predicted molar refractivity (Wildman–Crippen MR) is 83.7 cm³/mol. The van der Waals surface area contributed by atoms with Crippen molar-refractivity contribution in [3.8, 4) is 11.5 Å². The molecule has 0 radical (unpaired) electrons. The average molecular weight is 290 g/mol. The number of aromatic hydroxyl groups is 1. The Morgan fingerprint density at radius 1 is 1.29 bits per heavy atom. The summed E-state index contributed by atoms with van der Waals surface area (Å²) in [5.41, 5.74) is 0.966. The van der Waals surface area contributed by atoms with Crippen LogP contribution in [-0.2, 0) is 6.54 Å². The predicted octanol–water partition coefficient (Wildman–Crippen LogP) is 2.36. The third-order valence-corrected chi connectivity index (χ3v) is 4.53. The molecule has 21 heavy (non-hydrogen) atoms. The lowest BCUT2D eigenvalue weighted by atomic mass is 10.1. The molecule has 3 rings (SSSR count). The number of nitrogens with zero attached hydrogens (tertiary/aromatic N) is 1. The highest BCUT2D eigenvalue weighted by molar-refractivity contribution is 5.39. The van der Waals surface area contributed by atoms with Gasteiger partial charge < -0.3 is 15.2 Å². The zero-order valence-electron chi connectivity index (χ0n) is 12.8. The summed E-state index contributed by atoms with van der Waals surface area (Å²) in [6.45, 7) is 4.17. The van der Waals surface area contributed by atoms with E-state index in [4.69, 9.17) is 4.74 Å². The fourth-order valence-corrected chi connectivity index (χ4v) is 3.15. The lowest BCUT2D eigenvalue weighted by Gasteiger charge is -2.26. The Labute approximate surface area is 127 Å². The maximum atomic E-state index is 10.1. The van der Waals surface area contributed by atoms with Crippen molar-refractivity contribution in [3.63, 3.8) is 0 Å². The van der Waals surface area contributed by atoms with Crippen LogP contribution in [0.15, 0.2) is 18.2 Å². The van der Waals surface area contributed by atoms with Crippen LogP contribution >= 0.6 is 0 Å². The second-order valence-electron chi connectivity index (χ2n) is 6.43. The Balaban J connectivity index is 1.67. The minimum atomic E-state index is 0.371. The number of hydrogen-bond acceptors (Lipinski definition) is 4. The molecule has 1 aliphatic carbocycles. The normalized spacial score (nSPS) is 21.9. The average Bonchev–Trinajstić information content (AvgIpc) is 3.14. The molecule has 1 aliphatic heterocycles. The smallest absolute Gasteiger partial charge is 0.120 e. The first-order valence-electron chi connectivity index (χ1n) is 8.06. The number of ether oxygens (including phenoxy) is 1. The van der Waals surface area contributed by atoms with Gasteiger partial charge in [-0.2, -0.15) is 0 Å². The third-order valence-electron chi connectivity index (χ3n) is 4.53. The van der Waals surface area contributed by atoms with Crippen molar-refractivity contribution >= 4 is 0 Å². The molecular weight excluding hydrogens is 264 g/mol. The Hall–Kier alpha value is -1.26. The fourth-order valence-electron chi connectivity index (χ4n) is 3.15. The van der Waals surface area contributed by atoms with E-state index in [0.29, 0.717) is 11.8 Å². The molecule has 4 nitrogen and oxygen atoms in total. The van der Waals surface area contributed by atoms with Gasteiger partial charge in [0.05, 0.1) is 7.11 Å². The highest BCUT2D eigenvalue weighted by atomic mass is 16.5. The van der Waals surface area contributed by atoms with E-state index < -0.39 is 0 Å². The van der Waals surface area contributed by atoms with Crippen LogP contribution in [0.5, 0.6) is 11.5 Å². The Morgan fingerprint density at radius 3 is 2.81 bits per heavy atom. The topological polar surface area (TPSA) is 44.7 Å². The zero-order valence-corrected chi connectivity index (χ0v) is 12.8. The van der Waals surface area contributed by atoms with E-state index in [0.717, 1.165) is 43.4 Å². The van der Waals surface area contributed by atoms with Crippen molar-refractivity contribution in [2.45, 2.75) is 38.3 Å². The maximum Gasteiger partial charge on any atom is 0.120 e. The molecule has 2 aliphatic rings. The second-order valence-corrected chi connectivity index (χ2v) is 6.43. The van der Waals surface area contributed by atoms with E-state index in [1.165, 1.54) is 25.7 Å². The van der Waals surface area contributed by atoms with Crippen molar-refractivity contribution in [2.24, 2.45) is 5.92 Å². The van der Waals surface area contributed by atoms with Crippen LogP contribution in [0.1, 0.15) is 31.2 Å². The second kappa shape index (κ2) is 6.67. The number of rotatable bonds is 7. The molecule has 2 fully saturated rings. The van der Waals surface area contributed by atoms with E-state index in [1.807, 2.05) is 12.1 Å². The van der Waals surface area contributed by atoms with Crippen LogP contribution in [0.4, 0.5) is 0 Å². The van der Waals surface area contributed by atoms with E-state index in [-0.39, 0.29) is 0 Å². The van der Waals surface area contributed by atoms with Gasteiger partial charge in [0.1, 0.15) is 11.5 Å². The zero-order chi connectivity index (χ0) is 14.7. The number of phenols is 1. The molecule has 0 aromatic heterocycles. The molecule has 0 spiro atoms. The van der Waals surface area contributed by atoms with Gasteiger partial charge in [0.15, 0.2) is 0 Å². The molecule has 1 aromatic carbocycles. The van der Waals surface area contributed by atoms with Gasteiger partial charge in [-0.1, -0.05) is 0 Å². The van der Waals surface area contributed by atoms with Crippen molar-refractivity contribution in [2.75, 3.05) is 26.7 Å². The SMILES string of the molecule is COc1ccc(O)c(CN(CC2CC2)CC2CCCN2)c1. The summed E-state index contributed by atoms with van der Waals surface area (Å²) in [5, 5.41) is 13.7. The van der Waals surface area contributed by atoms with Crippen molar-refractivity contribution in [1.82, 2.24) is 10.2 Å². The lowest BCUT2D eigenvalue weighted by Crippen LogP contribution is -2.38. The van der Waals surface area contributed by atoms with Gasteiger partial charge >= 0.3 is 0 Å². The van der Waals surface area contributed by atoms with Gasteiger partial charge in [0, 0.05) is 31.2 Å². The van der Waals surface area contributed by atoms with Gasteiger partial charge in [-0.15, -0.1) is 0 Å². The molecule has 0 bridgehead atoms. The Kier molecular flexibility index (Phi) is 4.66. The largest absolute Gasteiger partial charge is 0.508 e. The highest BCUT2D eigenvalue weighted by Gasteiger charge is 2.27. The summed E-state index contributed by atoms with van der Waals surface area (Å²) < 4.78 is 5.28. The summed E-state index contributed by atoms with van der Waals surface area (Å²) >= 11 is 0. The molecule has 0 amide bonds.